The molecule has 0 spiro atoms. The first-order chi connectivity index (χ1) is 12.0. The fraction of sp³-hybridized carbons (Fsp3) is 0.316. The summed E-state index contributed by atoms with van der Waals surface area (Å²) < 4.78 is 16.1. The molecule has 0 atom stereocenters. The maximum atomic E-state index is 12.7. The molecule has 0 aliphatic carbocycles. The molecule has 0 saturated heterocycles. The number of halogens is 1. The highest BCUT2D eigenvalue weighted by Gasteiger charge is 2.17. The summed E-state index contributed by atoms with van der Waals surface area (Å²) in [6, 6.07) is 10.5. The van der Waals surface area contributed by atoms with Crippen molar-refractivity contribution < 1.29 is 19.0 Å². The Kier molecular flexibility index (Phi) is 6.53. The van der Waals surface area contributed by atoms with Gasteiger partial charge in [0.05, 0.1) is 20.8 Å². The first-order valence-corrected chi connectivity index (χ1v) is 8.26. The van der Waals surface area contributed by atoms with Crippen LogP contribution in [0.15, 0.2) is 36.4 Å². The van der Waals surface area contributed by atoms with Crippen molar-refractivity contribution in [2.24, 2.45) is 0 Å². The van der Waals surface area contributed by atoms with E-state index in [9.17, 15) is 4.79 Å². The molecule has 0 aliphatic rings. The second-order valence-electron chi connectivity index (χ2n) is 5.42. The lowest BCUT2D eigenvalue weighted by molar-refractivity contribution is 0.0783. The summed E-state index contributed by atoms with van der Waals surface area (Å²) in [5, 5.41) is 0.597. The molecule has 1 amide bonds. The minimum Gasteiger partial charge on any atom is -0.496 e. The van der Waals surface area contributed by atoms with Crippen molar-refractivity contribution in [3.05, 3.63) is 52.5 Å². The lowest BCUT2D eigenvalue weighted by atomic mass is 10.1. The molecule has 2 aromatic carbocycles. The van der Waals surface area contributed by atoms with Gasteiger partial charge in [-0.1, -0.05) is 11.6 Å². The van der Waals surface area contributed by atoms with Gasteiger partial charge in [0, 0.05) is 29.7 Å². The van der Waals surface area contributed by atoms with E-state index in [-0.39, 0.29) is 5.91 Å². The molecule has 0 bridgehead atoms. The molecule has 5 nitrogen and oxygen atoms in total. The third kappa shape index (κ3) is 4.57. The van der Waals surface area contributed by atoms with E-state index in [4.69, 9.17) is 25.8 Å². The molecule has 2 rings (SSSR count). The van der Waals surface area contributed by atoms with E-state index in [1.807, 2.05) is 6.92 Å². The molecule has 2 aromatic rings. The van der Waals surface area contributed by atoms with Crippen molar-refractivity contribution in [2.45, 2.75) is 13.5 Å². The summed E-state index contributed by atoms with van der Waals surface area (Å²) in [4.78, 5) is 14.3. The molecule has 0 unspecified atom stereocenters. The summed E-state index contributed by atoms with van der Waals surface area (Å²) in [7, 11) is 4.87. The van der Waals surface area contributed by atoms with Crippen LogP contribution in [0.4, 0.5) is 0 Å². The Hall–Kier alpha value is -2.40. The predicted octanol–water partition coefficient (Wildman–Crippen LogP) is 4.03. The van der Waals surface area contributed by atoms with E-state index in [1.54, 1.807) is 62.6 Å². The normalized spacial score (nSPS) is 10.3. The zero-order valence-corrected chi connectivity index (χ0v) is 15.6. The lowest BCUT2D eigenvalue weighted by Crippen LogP contribution is -2.26. The van der Waals surface area contributed by atoms with Gasteiger partial charge in [0.1, 0.15) is 5.75 Å². The minimum atomic E-state index is -0.136. The number of ether oxygens (including phenoxy) is 3. The molecule has 0 radical (unpaired) electrons. The van der Waals surface area contributed by atoms with Crippen LogP contribution in [-0.2, 0) is 6.54 Å². The van der Waals surface area contributed by atoms with E-state index >= 15 is 0 Å². The number of amides is 1. The summed E-state index contributed by atoms with van der Waals surface area (Å²) in [5.41, 5.74) is 1.35. The highest BCUT2D eigenvalue weighted by atomic mass is 35.5. The molecule has 6 heteroatoms. The first kappa shape index (κ1) is 18.9. The predicted molar refractivity (Wildman–Crippen MR) is 98.0 cm³/mol. The van der Waals surface area contributed by atoms with E-state index < -0.39 is 0 Å². The van der Waals surface area contributed by atoms with Crippen LogP contribution in [-0.4, -0.2) is 38.7 Å². The molecule has 25 heavy (non-hydrogen) atoms. The monoisotopic (exact) mass is 363 g/mol. The number of carbonyl (C=O) groups is 1. The van der Waals surface area contributed by atoms with Crippen LogP contribution in [0, 0.1) is 0 Å². The Balaban J connectivity index is 2.21. The smallest absolute Gasteiger partial charge is 0.254 e. The molecule has 134 valence electrons. The van der Waals surface area contributed by atoms with Gasteiger partial charge < -0.3 is 19.1 Å². The van der Waals surface area contributed by atoms with Crippen LogP contribution in [0.3, 0.4) is 0 Å². The SMILES string of the molecule is CCOc1ccc(C(=O)N(C)Cc2cc(Cl)ccc2OC)cc1OC. The Morgan fingerprint density at radius 1 is 1.04 bits per heavy atom. The second-order valence-corrected chi connectivity index (χ2v) is 5.85. The molecule has 0 aliphatic heterocycles. The highest BCUT2D eigenvalue weighted by molar-refractivity contribution is 6.30. The molecule has 0 fully saturated rings. The molecule has 0 saturated carbocycles. The van der Waals surface area contributed by atoms with Crippen molar-refractivity contribution in [3.63, 3.8) is 0 Å². The van der Waals surface area contributed by atoms with Crippen molar-refractivity contribution in [1.82, 2.24) is 4.90 Å². The van der Waals surface area contributed by atoms with E-state index in [0.29, 0.717) is 41.0 Å². The largest absolute Gasteiger partial charge is 0.496 e. The fourth-order valence-corrected chi connectivity index (χ4v) is 2.69. The summed E-state index contributed by atoms with van der Waals surface area (Å²) in [5.74, 6) is 1.69. The number of methoxy groups -OCH3 is 2. The fourth-order valence-electron chi connectivity index (χ4n) is 2.49. The number of carbonyl (C=O) groups excluding carboxylic acids is 1. The van der Waals surface area contributed by atoms with Crippen LogP contribution < -0.4 is 14.2 Å². The van der Waals surface area contributed by atoms with Crippen molar-refractivity contribution in [2.75, 3.05) is 27.9 Å². The molecular formula is C19H22ClNO4. The van der Waals surface area contributed by atoms with Crippen molar-refractivity contribution >= 4 is 17.5 Å². The van der Waals surface area contributed by atoms with Gasteiger partial charge in [-0.25, -0.2) is 0 Å². The first-order valence-electron chi connectivity index (χ1n) is 7.88. The number of nitrogens with zero attached hydrogens (tertiary/aromatic N) is 1. The van der Waals surface area contributed by atoms with Gasteiger partial charge >= 0.3 is 0 Å². The van der Waals surface area contributed by atoms with Crippen LogP contribution in [0.1, 0.15) is 22.8 Å². The van der Waals surface area contributed by atoms with E-state index in [0.717, 1.165) is 5.56 Å². The average Bonchev–Trinajstić information content (AvgIpc) is 2.61. The average molecular weight is 364 g/mol. The Bertz CT molecular complexity index is 748. The van der Waals surface area contributed by atoms with Crippen LogP contribution >= 0.6 is 11.6 Å². The standard InChI is InChI=1S/C19H22ClNO4/c1-5-25-17-8-6-13(11-18(17)24-4)19(22)21(2)12-14-10-15(20)7-9-16(14)23-3/h6-11H,5,12H2,1-4H3. The number of rotatable bonds is 7. The Morgan fingerprint density at radius 2 is 1.72 bits per heavy atom. The third-order valence-electron chi connectivity index (χ3n) is 3.71. The topological polar surface area (TPSA) is 48.0 Å². The van der Waals surface area contributed by atoms with Crippen LogP contribution in [0.25, 0.3) is 0 Å². The summed E-state index contributed by atoms with van der Waals surface area (Å²) >= 11 is 6.05. The van der Waals surface area contributed by atoms with Gasteiger partial charge in [-0.15, -0.1) is 0 Å². The highest BCUT2D eigenvalue weighted by Crippen LogP contribution is 2.29. The van der Waals surface area contributed by atoms with Gasteiger partial charge in [0.15, 0.2) is 11.5 Å². The van der Waals surface area contributed by atoms with Gasteiger partial charge in [-0.3, -0.25) is 4.79 Å². The molecule has 0 N–H and O–H groups in total. The van der Waals surface area contributed by atoms with Gasteiger partial charge in [0.2, 0.25) is 0 Å². The van der Waals surface area contributed by atoms with Crippen molar-refractivity contribution in [3.8, 4) is 17.2 Å². The van der Waals surface area contributed by atoms with Gasteiger partial charge in [-0.2, -0.15) is 0 Å². The maximum Gasteiger partial charge on any atom is 0.254 e. The Morgan fingerprint density at radius 3 is 2.36 bits per heavy atom. The number of hydrogen-bond acceptors (Lipinski definition) is 4. The number of hydrogen-bond donors (Lipinski definition) is 0. The zero-order chi connectivity index (χ0) is 18.4. The van der Waals surface area contributed by atoms with E-state index in [1.165, 1.54) is 0 Å². The van der Waals surface area contributed by atoms with E-state index in [2.05, 4.69) is 0 Å². The minimum absolute atomic E-state index is 0.136. The third-order valence-corrected chi connectivity index (χ3v) is 3.94. The molecular weight excluding hydrogens is 342 g/mol. The molecule has 0 aromatic heterocycles. The lowest BCUT2D eigenvalue weighted by Gasteiger charge is -2.20. The number of benzene rings is 2. The second kappa shape index (κ2) is 8.62. The zero-order valence-electron chi connectivity index (χ0n) is 14.8. The molecule has 0 heterocycles. The Labute approximate surface area is 153 Å². The van der Waals surface area contributed by atoms with Gasteiger partial charge in [-0.05, 0) is 43.3 Å². The van der Waals surface area contributed by atoms with Crippen LogP contribution in [0.2, 0.25) is 5.02 Å². The summed E-state index contributed by atoms with van der Waals surface area (Å²) in [6.45, 7) is 2.79. The van der Waals surface area contributed by atoms with Crippen LogP contribution in [0.5, 0.6) is 17.2 Å². The van der Waals surface area contributed by atoms with Crippen molar-refractivity contribution in [1.29, 1.82) is 0 Å². The maximum absolute atomic E-state index is 12.7. The van der Waals surface area contributed by atoms with Gasteiger partial charge in [0.25, 0.3) is 5.91 Å². The summed E-state index contributed by atoms with van der Waals surface area (Å²) in [6.07, 6.45) is 0. The quantitative estimate of drug-likeness (QED) is 0.745.